The van der Waals surface area contributed by atoms with Crippen molar-refractivity contribution in [3.63, 3.8) is 0 Å². The number of urea groups is 1. The van der Waals surface area contributed by atoms with Crippen LogP contribution >= 0.6 is 0 Å². The van der Waals surface area contributed by atoms with Crippen molar-refractivity contribution in [2.45, 2.75) is 25.4 Å². The maximum atomic E-state index is 12.7. The molecule has 9 heteroatoms. The van der Waals surface area contributed by atoms with Crippen molar-refractivity contribution < 1.29 is 27.4 Å². The van der Waals surface area contributed by atoms with Crippen molar-refractivity contribution in [1.82, 2.24) is 15.5 Å². The molecule has 2 N–H and O–H groups in total. The number of alkyl halides is 3. The Morgan fingerprint density at radius 1 is 1.03 bits per heavy atom. The molecular weight excluding hydrogens is 411 g/mol. The summed E-state index contributed by atoms with van der Waals surface area (Å²) in [5, 5.41) is 5.86. The van der Waals surface area contributed by atoms with Gasteiger partial charge in [0.05, 0.1) is 25.3 Å². The van der Waals surface area contributed by atoms with Gasteiger partial charge in [0, 0.05) is 19.6 Å². The summed E-state index contributed by atoms with van der Waals surface area (Å²) in [5.74, 6) is -0.303. The lowest BCUT2D eigenvalue weighted by Crippen LogP contribution is -2.46. The van der Waals surface area contributed by atoms with Gasteiger partial charge in [-0.25, -0.2) is 4.79 Å². The van der Waals surface area contributed by atoms with Crippen molar-refractivity contribution in [3.8, 4) is 5.75 Å². The fraction of sp³-hybridized carbons (Fsp3) is 0.409. The molecule has 0 spiro atoms. The highest BCUT2D eigenvalue weighted by Crippen LogP contribution is 2.24. The van der Waals surface area contributed by atoms with Gasteiger partial charge in [-0.05, 0) is 30.2 Å². The summed E-state index contributed by atoms with van der Waals surface area (Å²) in [6, 6.07) is 14.2. The quantitative estimate of drug-likeness (QED) is 0.687. The summed E-state index contributed by atoms with van der Waals surface area (Å²) in [7, 11) is 0. The number of benzene rings is 2. The fourth-order valence-electron chi connectivity index (χ4n) is 3.40. The first kappa shape index (κ1) is 22.9. The van der Waals surface area contributed by atoms with E-state index in [2.05, 4.69) is 20.3 Å². The second kappa shape index (κ2) is 10.5. The third-order valence-electron chi connectivity index (χ3n) is 5.01. The molecule has 0 aromatic heterocycles. The van der Waals surface area contributed by atoms with Crippen molar-refractivity contribution in [2.75, 3.05) is 32.8 Å². The summed E-state index contributed by atoms with van der Waals surface area (Å²) in [6.07, 6.45) is -4.74. The number of hydrogen-bond acceptors (Lipinski definition) is 4. The number of hydrogen-bond donors (Lipinski definition) is 2. The van der Waals surface area contributed by atoms with Gasteiger partial charge in [-0.3, -0.25) is 4.90 Å². The van der Waals surface area contributed by atoms with E-state index in [9.17, 15) is 18.0 Å². The summed E-state index contributed by atoms with van der Waals surface area (Å²) in [5.41, 5.74) is 1.65. The van der Waals surface area contributed by atoms with E-state index < -0.39 is 12.4 Å². The molecular formula is C22H26F3N3O3. The molecule has 168 valence electrons. The van der Waals surface area contributed by atoms with Crippen LogP contribution in [0.25, 0.3) is 0 Å². The zero-order valence-electron chi connectivity index (χ0n) is 17.2. The highest BCUT2D eigenvalue weighted by atomic mass is 19.4. The molecule has 3 rings (SSSR count). The Kier molecular flexibility index (Phi) is 7.75. The zero-order chi connectivity index (χ0) is 22.3. The van der Waals surface area contributed by atoms with Gasteiger partial charge in [0.1, 0.15) is 5.75 Å². The minimum Gasteiger partial charge on any atom is -0.406 e. The summed E-state index contributed by atoms with van der Waals surface area (Å²) < 4.78 is 46.2. The van der Waals surface area contributed by atoms with Crippen LogP contribution in [0.15, 0.2) is 54.6 Å². The molecule has 0 bridgehead atoms. The van der Waals surface area contributed by atoms with Gasteiger partial charge < -0.3 is 20.1 Å². The summed E-state index contributed by atoms with van der Waals surface area (Å²) >= 11 is 0. The van der Waals surface area contributed by atoms with Gasteiger partial charge in [-0.2, -0.15) is 0 Å². The number of ether oxygens (including phenoxy) is 2. The SMILES string of the molecule is CC(NC(=O)NC(CN1CCOCC1)c1ccccc1)c1ccc(OC(F)(F)F)cc1. The lowest BCUT2D eigenvalue weighted by molar-refractivity contribution is -0.274. The van der Waals surface area contributed by atoms with E-state index in [4.69, 9.17) is 4.74 Å². The second-order valence-electron chi connectivity index (χ2n) is 7.33. The van der Waals surface area contributed by atoms with Crippen molar-refractivity contribution >= 4 is 6.03 Å². The third-order valence-corrected chi connectivity index (χ3v) is 5.01. The second-order valence-corrected chi connectivity index (χ2v) is 7.33. The summed E-state index contributed by atoms with van der Waals surface area (Å²) in [6.45, 7) is 5.35. The molecule has 0 saturated carbocycles. The third kappa shape index (κ3) is 7.45. The molecule has 2 amide bonds. The highest BCUT2D eigenvalue weighted by molar-refractivity contribution is 5.75. The number of rotatable bonds is 7. The normalized spacial score (nSPS) is 16.9. The maximum Gasteiger partial charge on any atom is 0.573 e. The number of carbonyl (C=O) groups is 1. The molecule has 0 radical (unpaired) electrons. The van der Waals surface area contributed by atoms with Gasteiger partial charge >= 0.3 is 12.4 Å². The van der Waals surface area contributed by atoms with Crippen LogP contribution in [0.3, 0.4) is 0 Å². The first-order valence-corrected chi connectivity index (χ1v) is 10.1. The Hall–Kier alpha value is -2.78. The largest absolute Gasteiger partial charge is 0.573 e. The van der Waals surface area contributed by atoms with E-state index in [0.717, 1.165) is 18.7 Å². The van der Waals surface area contributed by atoms with E-state index in [1.165, 1.54) is 24.3 Å². The monoisotopic (exact) mass is 437 g/mol. The topological polar surface area (TPSA) is 62.8 Å². The molecule has 1 fully saturated rings. The molecule has 1 aliphatic heterocycles. The number of morpholine rings is 1. The van der Waals surface area contributed by atoms with Crippen molar-refractivity contribution in [1.29, 1.82) is 0 Å². The van der Waals surface area contributed by atoms with Gasteiger partial charge in [0.2, 0.25) is 0 Å². The van der Waals surface area contributed by atoms with E-state index in [1.54, 1.807) is 6.92 Å². The standard InChI is InChI=1S/C22H26F3N3O3/c1-16(17-7-9-19(10-8-17)31-22(23,24)25)26-21(29)27-20(18-5-3-2-4-6-18)15-28-11-13-30-14-12-28/h2-10,16,20H,11-15H2,1H3,(H2,26,27,29). The predicted octanol–water partition coefficient (Wildman–Crippen LogP) is 4.02. The minimum absolute atomic E-state index is 0.214. The van der Waals surface area contributed by atoms with Gasteiger partial charge in [0.15, 0.2) is 0 Å². The molecule has 2 unspecified atom stereocenters. The molecule has 2 aromatic carbocycles. The number of amides is 2. The first-order valence-electron chi connectivity index (χ1n) is 10.1. The van der Waals surface area contributed by atoms with Crippen LogP contribution in [-0.4, -0.2) is 50.1 Å². The Labute approximate surface area is 179 Å². The molecule has 2 aromatic rings. The lowest BCUT2D eigenvalue weighted by atomic mass is 10.1. The van der Waals surface area contributed by atoms with E-state index in [0.29, 0.717) is 25.3 Å². The molecule has 1 aliphatic rings. The molecule has 31 heavy (non-hydrogen) atoms. The molecule has 2 atom stereocenters. The highest BCUT2D eigenvalue weighted by Gasteiger charge is 2.31. The van der Waals surface area contributed by atoms with Gasteiger partial charge in [-0.1, -0.05) is 42.5 Å². The molecule has 6 nitrogen and oxygen atoms in total. The Morgan fingerprint density at radius 2 is 1.68 bits per heavy atom. The van der Waals surface area contributed by atoms with Crippen LogP contribution in [0.5, 0.6) is 5.75 Å². The van der Waals surface area contributed by atoms with Gasteiger partial charge in [0.25, 0.3) is 0 Å². The Morgan fingerprint density at radius 3 is 2.29 bits per heavy atom. The Bertz CT molecular complexity index is 825. The number of halogens is 3. The van der Waals surface area contributed by atoms with E-state index in [1.807, 2.05) is 30.3 Å². The average Bonchev–Trinajstić information content (AvgIpc) is 2.74. The van der Waals surface area contributed by atoms with E-state index in [-0.39, 0.29) is 17.8 Å². The van der Waals surface area contributed by atoms with Crippen LogP contribution < -0.4 is 15.4 Å². The van der Waals surface area contributed by atoms with Crippen LogP contribution in [0.1, 0.15) is 30.1 Å². The molecule has 1 heterocycles. The average molecular weight is 437 g/mol. The molecule has 1 saturated heterocycles. The van der Waals surface area contributed by atoms with E-state index >= 15 is 0 Å². The zero-order valence-corrected chi connectivity index (χ0v) is 17.2. The number of carbonyl (C=O) groups excluding carboxylic acids is 1. The van der Waals surface area contributed by atoms with Gasteiger partial charge in [-0.15, -0.1) is 13.2 Å². The lowest BCUT2D eigenvalue weighted by Gasteiger charge is -2.31. The number of nitrogens with zero attached hydrogens (tertiary/aromatic N) is 1. The van der Waals surface area contributed by atoms with Crippen LogP contribution in [0.4, 0.5) is 18.0 Å². The van der Waals surface area contributed by atoms with Crippen molar-refractivity contribution in [2.24, 2.45) is 0 Å². The fourth-order valence-corrected chi connectivity index (χ4v) is 3.40. The van der Waals surface area contributed by atoms with Crippen LogP contribution in [-0.2, 0) is 4.74 Å². The van der Waals surface area contributed by atoms with Crippen LogP contribution in [0, 0.1) is 0 Å². The Balaban J connectivity index is 1.60. The summed E-state index contributed by atoms with van der Waals surface area (Å²) in [4.78, 5) is 14.9. The maximum absolute atomic E-state index is 12.7. The van der Waals surface area contributed by atoms with Crippen LogP contribution in [0.2, 0.25) is 0 Å². The minimum atomic E-state index is -4.74. The predicted molar refractivity (Wildman–Crippen MR) is 110 cm³/mol. The smallest absolute Gasteiger partial charge is 0.406 e. The number of nitrogens with one attached hydrogen (secondary N) is 2. The molecule has 0 aliphatic carbocycles. The van der Waals surface area contributed by atoms with Crippen molar-refractivity contribution in [3.05, 3.63) is 65.7 Å². The first-order chi connectivity index (χ1) is 14.8.